The number of carboxylic acids is 1. The van der Waals surface area contributed by atoms with Crippen molar-refractivity contribution in [2.24, 2.45) is 23.2 Å². The van der Waals surface area contributed by atoms with E-state index in [1.807, 2.05) is 24.8 Å². The number of likely N-dealkylation sites (tertiary alicyclic amines) is 1. The number of amides is 1. The Balaban J connectivity index is 1.53. The summed E-state index contributed by atoms with van der Waals surface area (Å²) in [6.07, 6.45) is 3.08. The van der Waals surface area contributed by atoms with Gasteiger partial charge in [-0.15, -0.1) is 0 Å². The van der Waals surface area contributed by atoms with Crippen molar-refractivity contribution in [1.29, 1.82) is 0 Å². The number of nitrogens with zero attached hydrogens (tertiary/aromatic N) is 1. The van der Waals surface area contributed by atoms with Gasteiger partial charge in [0.1, 0.15) is 0 Å². The van der Waals surface area contributed by atoms with E-state index in [1.165, 1.54) is 5.56 Å². The highest BCUT2D eigenvalue weighted by atomic mass is 16.4. The normalized spacial score (nSPS) is 26.8. The molecule has 1 saturated carbocycles. The zero-order chi connectivity index (χ0) is 16.6. The molecule has 0 radical (unpaired) electrons. The van der Waals surface area contributed by atoms with Gasteiger partial charge in [0, 0.05) is 13.1 Å². The van der Waals surface area contributed by atoms with E-state index in [9.17, 15) is 14.7 Å². The van der Waals surface area contributed by atoms with Crippen LogP contribution in [0.25, 0.3) is 0 Å². The van der Waals surface area contributed by atoms with Crippen molar-refractivity contribution in [3.05, 3.63) is 35.9 Å². The molecule has 0 unspecified atom stereocenters. The summed E-state index contributed by atoms with van der Waals surface area (Å²) in [5.41, 5.74) is 0.954. The summed E-state index contributed by atoms with van der Waals surface area (Å²) >= 11 is 0. The van der Waals surface area contributed by atoms with Gasteiger partial charge >= 0.3 is 5.97 Å². The van der Waals surface area contributed by atoms with Crippen molar-refractivity contribution in [3.8, 4) is 0 Å². The number of carbonyl (C=O) groups excluding carboxylic acids is 1. The average molecular weight is 315 g/mol. The van der Waals surface area contributed by atoms with Gasteiger partial charge in [-0.25, -0.2) is 0 Å². The van der Waals surface area contributed by atoms with Crippen molar-refractivity contribution in [2.45, 2.75) is 33.1 Å². The number of hydrogen-bond donors (Lipinski definition) is 1. The highest BCUT2D eigenvalue weighted by molar-refractivity contribution is 5.91. The maximum Gasteiger partial charge on any atom is 0.307 e. The smallest absolute Gasteiger partial charge is 0.307 e. The average Bonchev–Trinajstić information content (AvgIpc) is 3.11. The van der Waals surface area contributed by atoms with Crippen LogP contribution >= 0.6 is 0 Å². The maximum atomic E-state index is 12.6. The Hall–Kier alpha value is -1.84. The predicted molar refractivity (Wildman–Crippen MR) is 87.8 cm³/mol. The summed E-state index contributed by atoms with van der Waals surface area (Å²) in [5, 5.41) is 9.24. The highest BCUT2D eigenvalue weighted by Gasteiger charge is 2.66. The van der Waals surface area contributed by atoms with Crippen LogP contribution in [0.5, 0.6) is 0 Å². The minimum atomic E-state index is -0.840. The Labute approximate surface area is 137 Å². The molecule has 4 heteroatoms. The molecular weight excluding hydrogens is 290 g/mol. The molecular formula is C19H25NO3. The lowest BCUT2D eigenvalue weighted by molar-refractivity contribution is -0.142. The van der Waals surface area contributed by atoms with Crippen LogP contribution in [-0.2, 0) is 16.0 Å². The predicted octanol–water partition coefficient (Wildman–Crippen LogP) is 2.82. The molecule has 1 aliphatic carbocycles. The molecule has 0 bridgehead atoms. The lowest BCUT2D eigenvalue weighted by atomic mass is 9.90. The summed E-state index contributed by atoms with van der Waals surface area (Å²) in [6.45, 7) is 5.29. The molecule has 2 fully saturated rings. The van der Waals surface area contributed by atoms with Gasteiger partial charge in [0.15, 0.2) is 0 Å². The molecule has 23 heavy (non-hydrogen) atoms. The number of carboxylic acid groups (broad SMARTS) is 1. The summed E-state index contributed by atoms with van der Waals surface area (Å²) in [7, 11) is 0. The zero-order valence-electron chi connectivity index (χ0n) is 13.9. The van der Waals surface area contributed by atoms with Crippen LogP contribution in [0, 0.1) is 23.2 Å². The highest BCUT2D eigenvalue weighted by Crippen LogP contribution is 2.59. The molecule has 124 valence electrons. The second-order valence-corrected chi connectivity index (χ2v) is 7.57. The Morgan fingerprint density at radius 2 is 1.74 bits per heavy atom. The summed E-state index contributed by atoms with van der Waals surface area (Å²) in [5.74, 6) is -1.04. The fraction of sp³-hybridized carbons (Fsp3) is 0.579. The molecule has 1 aromatic carbocycles. The van der Waals surface area contributed by atoms with Gasteiger partial charge in [0.2, 0.25) is 5.91 Å². The first kappa shape index (κ1) is 16.0. The molecule has 1 amide bonds. The van der Waals surface area contributed by atoms with Gasteiger partial charge in [-0.1, -0.05) is 44.2 Å². The Bertz CT molecular complexity index is 588. The second-order valence-electron chi connectivity index (χ2n) is 7.57. The molecule has 4 nitrogen and oxygen atoms in total. The SMILES string of the molecule is CC1(C)[C@H](C(=O)O)[C@H]1C(=O)N1CCC(Cc2ccccc2)CC1. The molecule has 1 aromatic rings. The molecule has 2 atom stereocenters. The monoisotopic (exact) mass is 315 g/mol. The van der Waals surface area contributed by atoms with Crippen LogP contribution in [0.15, 0.2) is 30.3 Å². The van der Waals surface area contributed by atoms with Crippen molar-refractivity contribution in [3.63, 3.8) is 0 Å². The van der Waals surface area contributed by atoms with E-state index in [1.54, 1.807) is 0 Å². The van der Waals surface area contributed by atoms with E-state index in [-0.39, 0.29) is 11.8 Å². The lowest BCUT2D eigenvalue weighted by Gasteiger charge is -2.32. The molecule has 1 saturated heterocycles. The van der Waals surface area contributed by atoms with Crippen molar-refractivity contribution in [1.82, 2.24) is 4.90 Å². The van der Waals surface area contributed by atoms with Crippen molar-refractivity contribution in [2.75, 3.05) is 13.1 Å². The van der Waals surface area contributed by atoms with Crippen LogP contribution in [-0.4, -0.2) is 35.0 Å². The van der Waals surface area contributed by atoms with E-state index in [2.05, 4.69) is 24.3 Å². The molecule has 0 spiro atoms. The van der Waals surface area contributed by atoms with E-state index < -0.39 is 17.3 Å². The van der Waals surface area contributed by atoms with Crippen LogP contribution in [0.2, 0.25) is 0 Å². The van der Waals surface area contributed by atoms with Gasteiger partial charge in [-0.05, 0) is 36.2 Å². The lowest BCUT2D eigenvalue weighted by Crippen LogP contribution is -2.40. The number of aliphatic carboxylic acids is 1. The quantitative estimate of drug-likeness (QED) is 0.929. The number of carbonyl (C=O) groups is 2. The van der Waals surface area contributed by atoms with Crippen LogP contribution in [0.3, 0.4) is 0 Å². The van der Waals surface area contributed by atoms with E-state index in [4.69, 9.17) is 0 Å². The summed E-state index contributed by atoms with van der Waals surface area (Å²) in [6, 6.07) is 10.5. The molecule has 0 aromatic heterocycles. The minimum Gasteiger partial charge on any atom is -0.481 e. The molecule has 1 N–H and O–H groups in total. The summed E-state index contributed by atoms with van der Waals surface area (Å²) < 4.78 is 0. The van der Waals surface area contributed by atoms with Gasteiger partial charge in [-0.3, -0.25) is 9.59 Å². The zero-order valence-corrected chi connectivity index (χ0v) is 13.9. The first-order chi connectivity index (χ1) is 10.9. The Kier molecular flexibility index (Phi) is 4.17. The second kappa shape index (κ2) is 5.99. The van der Waals surface area contributed by atoms with E-state index >= 15 is 0 Å². The first-order valence-corrected chi connectivity index (χ1v) is 8.46. The third kappa shape index (κ3) is 3.12. The Morgan fingerprint density at radius 3 is 2.26 bits per heavy atom. The number of rotatable bonds is 4. The fourth-order valence-electron chi connectivity index (χ4n) is 4.06. The molecule has 1 heterocycles. The van der Waals surface area contributed by atoms with Gasteiger partial charge in [0.25, 0.3) is 0 Å². The van der Waals surface area contributed by atoms with Gasteiger partial charge in [0.05, 0.1) is 11.8 Å². The number of piperidine rings is 1. The molecule has 1 aliphatic heterocycles. The van der Waals surface area contributed by atoms with E-state index in [0.717, 1.165) is 32.4 Å². The van der Waals surface area contributed by atoms with Crippen molar-refractivity contribution < 1.29 is 14.7 Å². The summed E-state index contributed by atoms with van der Waals surface area (Å²) in [4.78, 5) is 25.8. The van der Waals surface area contributed by atoms with E-state index in [0.29, 0.717) is 5.92 Å². The maximum absolute atomic E-state index is 12.6. The third-order valence-corrected chi connectivity index (χ3v) is 5.65. The topological polar surface area (TPSA) is 57.6 Å². The number of hydrogen-bond acceptors (Lipinski definition) is 2. The van der Waals surface area contributed by atoms with Crippen molar-refractivity contribution >= 4 is 11.9 Å². The fourth-order valence-corrected chi connectivity index (χ4v) is 4.06. The number of benzene rings is 1. The third-order valence-electron chi connectivity index (χ3n) is 5.65. The molecule has 3 rings (SSSR count). The largest absolute Gasteiger partial charge is 0.481 e. The van der Waals surface area contributed by atoms with Crippen LogP contribution < -0.4 is 0 Å². The van der Waals surface area contributed by atoms with Gasteiger partial charge in [-0.2, -0.15) is 0 Å². The van der Waals surface area contributed by atoms with Crippen LogP contribution in [0.4, 0.5) is 0 Å². The molecule has 2 aliphatic rings. The standard InChI is InChI=1S/C19H25NO3/c1-19(2)15(16(19)18(22)23)17(21)20-10-8-14(9-11-20)12-13-6-4-3-5-7-13/h3-7,14-16H,8-12H2,1-2H3,(H,22,23)/t15-,16-/m0/s1. The van der Waals surface area contributed by atoms with Gasteiger partial charge < -0.3 is 10.0 Å². The van der Waals surface area contributed by atoms with Crippen LogP contribution in [0.1, 0.15) is 32.3 Å². The first-order valence-electron chi connectivity index (χ1n) is 8.46. The minimum absolute atomic E-state index is 0.0422. The Morgan fingerprint density at radius 1 is 1.13 bits per heavy atom.